The number of hydrogen-bond acceptors (Lipinski definition) is 1. The van der Waals surface area contributed by atoms with Crippen molar-refractivity contribution in [2.45, 2.75) is 59.5 Å². The molecule has 1 atom stereocenters. The highest BCUT2D eigenvalue weighted by Crippen LogP contribution is 2.47. The van der Waals surface area contributed by atoms with E-state index in [0.717, 1.165) is 6.54 Å². The van der Waals surface area contributed by atoms with Crippen LogP contribution in [-0.4, -0.2) is 11.9 Å². The monoisotopic (exact) mass is 245 g/mol. The summed E-state index contributed by atoms with van der Waals surface area (Å²) < 4.78 is 0. The van der Waals surface area contributed by atoms with Crippen molar-refractivity contribution in [2.75, 3.05) is 7.05 Å². The Bertz CT molecular complexity index is 446. The van der Waals surface area contributed by atoms with Crippen molar-refractivity contribution >= 4 is 0 Å². The van der Waals surface area contributed by atoms with Crippen molar-refractivity contribution in [2.24, 2.45) is 5.41 Å². The number of nitrogens with zero attached hydrogens (tertiary/aromatic N) is 1. The molecule has 0 N–H and O–H groups in total. The average Bonchev–Trinajstić information content (AvgIpc) is 2.50. The maximum atomic E-state index is 2.50. The van der Waals surface area contributed by atoms with Crippen molar-refractivity contribution in [3.05, 3.63) is 34.9 Å². The van der Waals surface area contributed by atoms with Gasteiger partial charge in [0.15, 0.2) is 0 Å². The highest BCUT2D eigenvalue weighted by Gasteiger charge is 2.39. The molecule has 1 heterocycles. The van der Waals surface area contributed by atoms with Gasteiger partial charge in [-0.1, -0.05) is 59.7 Å². The van der Waals surface area contributed by atoms with E-state index in [4.69, 9.17) is 0 Å². The molecule has 1 unspecified atom stereocenters. The summed E-state index contributed by atoms with van der Waals surface area (Å²) in [4.78, 5) is 2.50. The summed E-state index contributed by atoms with van der Waals surface area (Å²) in [6.45, 7) is 15.1. The second kappa shape index (κ2) is 4.09. The minimum Gasteiger partial charge on any atom is -0.295 e. The predicted octanol–water partition coefficient (Wildman–Crippen LogP) is 4.52. The molecule has 0 fully saturated rings. The Labute approximate surface area is 112 Å². The van der Waals surface area contributed by atoms with Gasteiger partial charge in [-0.3, -0.25) is 4.90 Å². The van der Waals surface area contributed by atoms with E-state index in [0.29, 0.717) is 6.04 Å². The molecule has 2 rings (SSSR count). The Morgan fingerprint density at radius 2 is 1.67 bits per heavy atom. The molecule has 0 aromatic heterocycles. The van der Waals surface area contributed by atoms with E-state index in [9.17, 15) is 0 Å². The Hall–Kier alpha value is -0.820. The molecule has 1 aromatic rings. The van der Waals surface area contributed by atoms with Crippen LogP contribution in [0.25, 0.3) is 0 Å². The molecule has 0 saturated carbocycles. The molecule has 0 amide bonds. The summed E-state index contributed by atoms with van der Waals surface area (Å²) in [7, 11) is 2.25. The fourth-order valence-corrected chi connectivity index (χ4v) is 3.40. The molecular weight excluding hydrogens is 218 g/mol. The normalized spacial score (nSPS) is 21.2. The predicted molar refractivity (Wildman–Crippen MR) is 78.8 cm³/mol. The van der Waals surface area contributed by atoms with Crippen LogP contribution in [-0.2, 0) is 12.0 Å². The van der Waals surface area contributed by atoms with Crippen molar-refractivity contribution in [1.82, 2.24) is 4.90 Å². The Kier molecular flexibility index (Phi) is 3.09. The molecule has 0 aliphatic carbocycles. The molecule has 1 nitrogen and oxygen atoms in total. The van der Waals surface area contributed by atoms with Crippen LogP contribution in [0.1, 0.15) is 64.3 Å². The molecule has 0 spiro atoms. The van der Waals surface area contributed by atoms with Crippen LogP contribution in [0, 0.1) is 5.41 Å². The van der Waals surface area contributed by atoms with Gasteiger partial charge in [0.2, 0.25) is 0 Å². The zero-order chi connectivity index (χ0) is 13.7. The van der Waals surface area contributed by atoms with E-state index < -0.39 is 0 Å². The third-order valence-corrected chi connectivity index (χ3v) is 3.96. The molecule has 1 aliphatic heterocycles. The van der Waals surface area contributed by atoms with Crippen molar-refractivity contribution in [3.8, 4) is 0 Å². The lowest BCUT2D eigenvalue weighted by Gasteiger charge is -2.36. The van der Waals surface area contributed by atoms with Crippen LogP contribution >= 0.6 is 0 Å². The van der Waals surface area contributed by atoms with Gasteiger partial charge in [-0.15, -0.1) is 0 Å². The minimum absolute atomic E-state index is 0.222. The van der Waals surface area contributed by atoms with Gasteiger partial charge in [-0.2, -0.15) is 0 Å². The first-order valence-electron chi connectivity index (χ1n) is 6.95. The van der Waals surface area contributed by atoms with E-state index in [1.807, 2.05) is 0 Å². The fraction of sp³-hybridized carbons (Fsp3) is 0.647. The molecule has 1 aromatic carbocycles. The van der Waals surface area contributed by atoms with Crippen LogP contribution in [0.2, 0.25) is 0 Å². The van der Waals surface area contributed by atoms with Gasteiger partial charge in [0.1, 0.15) is 0 Å². The summed E-state index contributed by atoms with van der Waals surface area (Å²) in [6.07, 6.45) is 0. The summed E-state index contributed by atoms with van der Waals surface area (Å²) >= 11 is 0. The number of fused-ring (bicyclic) bond motifs is 1. The molecule has 18 heavy (non-hydrogen) atoms. The lowest BCUT2D eigenvalue weighted by Crippen LogP contribution is -2.30. The van der Waals surface area contributed by atoms with E-state index in [1.54, 1.807) is 5.56 Å². The zero-order valence-corrected chi connectivity index (χ0v) is 13.0. The first-order valence-corrected chi connectivity index (χ1v) is 6.95. The van der Waals surface area contributed by atoms with Crippen LogP contribution in [0.3, 0.4) is 0 Å². The van der Waals surface area contributed by atoms with E-state index >= 15 is 0 Å². The number of hydrogen-bond donors (Lipinski definition) is 0. The third kappa shape index (κ3) is 2.21. The lowest BCUT2D eigenvalue weighted by atomic mass is 9.75. The minimum atomic E-state index is 0.222. The summed E-state index contributed by atoms with van der Waals surface area (Å²) in [5.74, 6) is 0. The highest BCUT2D eigenvalue weighted by atomic mass is 15.2. The fourth-order valence-electron chi connectivity index (χ4n) is 3.40. The molecule has 100 valence electrons. The van der Waals surface area contributed by atoms with E-state index in [-0.39, 0.29) is 10.8 Å². The van der Waals surface area contributed by atoms with Gasteiger partial charge in [-0.05, 0) is 34.6 Å². The first kappa shape index (κ1) is 13.6. The van der Waals surface area contributed by atoms with Crippen LogP contribution in [0.15, 0.2) is 18.2 Å². The van der Waals surface area contributed by atoms with Crippen LogP contribution in [0.5, 0.6) is 0 Å². The molecule has 1 aliphatic rings. The van der Waals surface area contributed by atoms with Crippen molar-refractivity contribution in [3.63, 3.8) is 0 Å². The van der Waals surface area contributed by atoms with Gasteiger partial charge in [-0.25, -0.2) is 0 Å². The third-order valence-electron chi connectivity index (χ3n) is 3.96. The van der Waals surface area contributed by atoms with Gasteiger partial charge >= 0.3 is 0 Å². The van der Waals surface area contributed by atoms with Gasteiger partial charge in [0.05, 0.1) is 0 Å². The second-order valence-corrected chi connectivity index (χ2v) is 7.81. The smallest absolute Gasteiger partial charge is 0.0403 e. The van der Waals surface area contributed by atoms with E-state index in [1.165, 1.54) is 11.1 Å². The second-order valence-electron chi connectivity index (χ2n) is 7.81. The van der Waals surface area contributed by atoms with Crippen molar-refractivity contribution in [1.29, 1.82) is 0 Å². The zero-order valence-electron chi connectivity index (χ0n) is 13.0. The van der Waals surface area contributed by atoms with Gasteiger partial charge in [0, 0.05) is 12.6 Å². The molecule has 0 bridgehead atoms. The quantitative estimate of drug-likeness (QED) is 0.649. The maximum Gasteiger partial charge on any atom is 0.0403 e. The summed E-state index contributed by atoms with van der Waals surface area (Å²) in [5.41, 5.74) is 5.12. The largest absolute Gasteiger partial charge is 0.295 e. The molecule has 1 heteroatoms. The lowest BCUT2D eigenvalue weighted by molar-refractivity contribution is 0.141. The van der Waals surface area contributed by atoms with Crippen LogP contribution < -0.4 is 0 Å². The average molecular weight is 245 g/mol. The highest BCUT2D eigenvalue weighted by molar-refractivity contribution is 5.45. The summed E-state index contributed by atoms with van der Waals surface area (Å²) in [6, 6.07) is 7.37. The SMILES string of the molecule is CN1Cc2cccc(C(C)(C)C)c2C1C(C)(C)C. The van der Waals surface area contributed by atoms with Gasteiger partial charge in [0.25, 0.3) is 0 Å². The van der Waals surface area contributed by atoms with Crippen LogP contribution in [0.4, 0.5) is 0 Å². The topological polar surface area (TPSA) is 3.24 Å². The van der Waals surface area contributed by atoms with Gasteiger partial charge < -0.3 is 0 Å². The first-order chi connectivity index (χ1) is 8.12. The molecular formula is C17H27N. The Morgan fingerprint density at radius 3 is 2.17 bits per heavy atom. The maximum absolute atomic E-state index is 2.50. The standard InChI is InChI=1S/C17H27N/c1-16(2,3)13-10-8-9-12-11-18(7)15(14(12)13)17(4,5)6/h8-10,15H,11H2,1-7H3. The molecule has 0 radical (unpaired) electrons. The molecule has 0 saturated heterocycles. The number of benzene rings is 1. The van der Waals surface area contributed by atoms with Crippen molar-refractivity contribution < 1.29 is 0 Å². The Balaban J connectivity index is 2.63. The van der Waals surface area contributed by atoms with E-state index in [2.05, 4.69) is 71.7 Å². The number of rotatable bonds is 0. The Morgan fingerprint density at radius 1 is 1.06 bits per heavy atom. The summed E-state index contributed by atoms with van der Waals surface area (Å²) in [5, 5.41) is 0.